The average Bonchev–Trinajstić information content (AvgIpc) is 2.97. The van der Waals surface area contributed by atoms with Gasteiger partial charge in [0.2, 0.25) is 0 Å². The third-order valence-electron chi connectivity index (χ3n) is 4.65. The molecule has 0 aromatic rings. The fraction of sp³-hybridized carbons (Fsp3) is 0.556. The molecule has 1 saturated heterocycles. The molecule has 0 bridgehead atoms. The van der Waals surface area contributed by atoms with Crippen molar-refractivity contribution in [2.24, 2.45) is 0 Å². The number of unbranched alkanes of at least 4 members (excludes halogenated alkanes) is 1. The van der Waals surface area contributed by atoms with Gasteiger partial charge in [0, 0.05) is 30.7 Å². The molecule has 1 atom stereocenters. The number of piperidine rings is 1. The van der Waals surface area contributed by atoms with Crippen molar-refractivity contribution in [1.29, 1.82) is 0 Å². The topological polar surface area (TPSA) is 55.8 Å². The smallest absolute Gasteiger partial charge is 0.339 e. The number of likely N-dealkylation sites (tertiary alicyclic amines) is 1. The van der Waals surface area contributed by atoms with E-state index >= 15 is 0 Å². The zero-order valence-corrected chi connectivity index (χ0v) is 13.8. The summed E-state index contributed by atoms with van der Waals surface area (Å²) in [6.45, 7) is 5.38. The predicted molar refractivity (Wildman–Crippen MR) is 85.2 cm³/mol. The van der Waals surface area contributed by atoms with Gasteiger partial charge in [0.05, 0.1) is 0 Å². The van der Waals surface area contributed by atoms with Crippen molar-refractivity contribution < 1.29 is 19.1 Å². The molecule has 23 heavy (non-hydrogen) atoms. The maximum atomic E-state index is 11.8. The number of hydrogen-bond donors (Lipinski definition) is 0. The van der Waals surface area contributed by atoms with E-state index in [-0.39, 0.29) is 11.9 Å². The Bertz CT molecular complexity index is 617. The van der Waals surface area contributed by atoms with E-state index in [1.54, 1.807) is 13.0 Å². The van der Waals surface area contributed by atoms with Gasteiger partial charge >= 0.3 is 11.9 Å². The van der Waals surface area contributed by atoms with Crippen LogP contribution in [0.3, 0.4) is 0 Å². The number of rotatable bonds is 4. The van der Waals surface area contributed by atoms with Crippen LogP contribution < -0.4 is 0 Å². The van der Waals surface area contributed by atoms with Crippen molar-refractivity contribution in [2.75, 3.05) is 13.1 Å². The molecule has 124 valence electrons. The molecule has 1 fully saturated rings. The van der Waals surface area contributed by atoms with E-state index in [2.05, 4.69) is 4.90 Å². The molecular weight excluding hydrogens is 294 g/mol. The predicted octanol–water partition coefficient (Wildman–Crippen LogP) is 2.84. The first-order chi connectivity index (χ1) is 11.0. The second kappa shape index (κ2) is 6.32. The second-order valence-electron chi connectivity index (χ2n) is 6.47. The standard InChI is InChI=1S/C18H23NO4/c1-13-11-15(22-16(13)20)7-3-5-9-19-10-6-4-8-18(19)12-14(2)17(21)23-18/h7,11-12H,3-6,8-10H2,1-2H3/b15-7-/t18-/m0/s1. The SMILES string of the molecule is CC1=C/C(=C/CCCN2CCCC[C@]23C=C(C)C(=O)O3)OC1=O. The van der Waals surface area contributed by atoms with Gasteiger partial charge in [-0.05, 0) is 57.8 Å². The molecule has 3 heterocycles. The summed E-state index contributed by atoms with van der Waals surface area (Å²) in [5.74, 6) is 0.186. The highest BCUT2D eigenvalue weighted by Crippen LogP contribution is 2.36. The third kappa shape index (κ3) is 3.24. The van der Waals surface area contributed by atoms with Gasteiger partial charge in [-0.1, -0.05) is 0 Å². The van der Waals surface area contributed by atoms with Crippen LogP contribution in [0, 0.1) is 0 Å². The molecule has 0 N–H and O–H groups in total. The van der Waals surface area contributed by atoms with Crippen molar-refractivity contribution in [3.8, 4) is 0 Å². The van der Waals surface area contributed by atoms with Crippen LogP contribution in [-0.2, 0) is 19.1 Å². The number of hydrogen-bond acceptors (Lipinski definition) is 5. The Labute approximate surface area is 136 Å². The lowest BCUT2D eigenvalue weighted by Crippen LogP contribution is -2.51. The molecule has 5 nitrogen and oxygen atoms in total. The number of nitrogens with zero attached hydrogens (tertiary/aromatic N) is 1. The lowest BCUT2D eigenvalue weighted by Gasteiger charge is -2.42. The summed E-state index contributed by atoms with van der Waals surface area (Å²) in [6, 6.07) is 0. The monoisotopic (exact) mass is 317 g/mol. The van der Waals surface area contributed by atoms with Crippen LogP contribution in [0.15, 0.2) is 35.1 Å². The molecular formula is C18H23NO4. The Morgan fingerprint density at radius 2 is 2.04 bits per heavy atom. The first-order valence-corrected chi connectivity index (χ1v) is 8.29. The van der Waals surface area contributed by atoms with Gasteiger partial charge in [-0.15, -0.1) is 0 Å². The molecule has 0 aromatic carbocycles. The lowest BCUT2D eigenvalue weighted by atomic mass is 9.97. The minimum absolute atomic E-state index is 0.197. The van der Waals surface area contributed by atoms with E-state index in [9.17, 15) is 9.59 Å². The number of carbonyl (C=O) groups excluding carboxylic acids is 2. The highest BCUT2D eigenvalue weighted by molar-refractivity contribution is 5.92. The summed E-state index contributed by atoms with van der Waals surface area (Å²) >= 11 is 0. The number of ether oxygens (including phenoxy) is 2. The van der Waals surface area contributed by atoms with Crippen LogP contribution >= 0.6 is 0 Å². The van der Waals surface area contributed by atoms with Crippen molar-refractivity contribution in [2.45, 2.75) is 51.7 Å². The van der Waals surface area contributed by atoms with Crippen molar-refractivity contribution >= 4 is 11.9 Å². The van der Waals surface area contributed by atoms with E-state index in [1.165, 1.54) is 0 Å². The molecule has 0 radical (unpaired) electrons. The Kier molecular flexibility index (Phi) is 4.39. The summed E-state index contributed by atoms with van der Waals surface area (Å²) in [7, 11) is 0. The molecule has 0 aromatic heterocycles. The van der Waals surface area contributed by atoms with E-state index in [4.69, 9.17) is 9.47 Å². The van der Waals surface area contributed by atoms with Gasteiger partial charge in [0.1, 0.15) is 5.76 Å². The Balaban J connectivity index is 1.56. The zero-order chi connectivity index (χ0) is 16.4. The quantitative estimate of drug-likeness (QED) is 0.589. The number of cyclic esters (lactones) is 1. The summed E-state index contributed by atoms with van der Waals surface area (Å²) < 4.78 is 10.8. The third-order valence-corrected chi connectivity index (χ3v) is 4.65. The van der Waals surface area contributed by atoms with Crippen molar-refractivity contribution in [3.63, 3.8) is 0 Å². The van der Waals surface area contributed by atoms with E-state index in [0.29, 0.717) is 16.9 Å². The molecule has 3 aliphatic heterocycles. The fourth-order valence-corrected chi connectivity index (χ4v) is 3.39. The molecule has 5 heteroatoms. The number of carbonyl (C=O) groups is 2. The normalized spacial score (nSPS) is 29.7. The molecule has 3 aliphatic rings. The first kappa shape index (κ1) is 16.0. The van der Waals surface area contributed by atoms with Crippen LogP contribution in [0.25, 0.3) is 0 Å². The van der Waals surface area contributed by atoms with Gasteiger partial charge in [-0.25, -0.2) is 9.59 Å². The Morgan fingerprint density at radius 1 is 1.22 bits per heavy atom. The average molecular weight is 317 g/mol. The Hall–Kier alpha value is -1.88. The van der Waals surface area contributed by atoms with Gasteiger partial charge in [-0.3, -0.25) is 4.90 Å². The molecule has 0 aliphatic carbocycles. The molecule has 1 spiro atoms. The largest absolute Gasteiger partial charge is 0.437 e. The summed E-state index contributed by atoms with van der Waals surface area (Å²) in [5, 5.41) is 0. The highest BCUT2D eigenvalue weighted by atomic mass is 16.6. The van der Waals surface area contributed by atoms with Crippen LogP contribution in [0.2, 0.25) is 0 Å². The summed E-state index contributed by atoms with van der Waals surface area (Å²) in [6.07, 6.45) is 10.6. The van der Waals surface area contributed by atoms with Crippen LogP contribution in [0.5, 0.6) is 0 Å². The van der Waals surface area contributed by atoms with Crippen LogP contribution in [-0.4, -0.2) is 35.7 Å². The number of esters is 2. The zero-order valence-electron chi connectivity index (χ0n) is 13.8. The second-order valence-corrected chi connectivity index (χ2v) is 6.47. The minimum Gasteiger partial charge on any atom is -0.437 e. The van der Waals surface area contributed by atoms with Crippen LogP contribution in [0.1, 0.15) is 46.0 Å². The van der Waals surface area contributed by atoms with Crippen LogP contribution in [0.4, 0.5) is 0 Å². The maximum absolute atomic E-state index is 11.8. The van der Waals surface area contributed by atoms with Crippen molar-refractivity contribution in [3.05, 3.63) is 35.1 Å². The molecule has 3 rings (SSSR count). The summed E-state index contributed by atoms with van der Waals surface area (Å²) in [5.41, 5.74) is 0.824. The van der Waals surface area contributed by atoms with Gasteiger partial charge < -0.3 is 9.47 Å². The first-order valence-electron chi connectivity index (χ1n) is 8.29. The fourth-order valence-electron chi connectivity index (χ4n) is 3.39. The highest BCUT2D eigenvalue weighted by Gasteiger charge is 2.44. The van der Waals surface area contributed by atoms with Crippen molar-refractivity contribution in [1.82, 2.24) is 4.90 Å². The summed E-state index contributed by atoms with van der Waals surface area (Å²) in [4.78, 5) is 25.3. The van der Waals surface area contributed by atoms with Gasteiger partial charge in [-0.2, -0.15) is 0 Å². The van der Waals surface area contributed by atoms with E-state index < -0.39 is 5.72 Å². The Morgan fingerprint density at radius 3 is 2.70 bits per heavy atom. The number of allylic oxidation sites excluding steroid dienone is 2. The molecule has 0 unspecified atom stereocenters. The van der Waals surface area contributed by atoms with Gasteiger partial charge in [0.25, 0.3) is 0 Å². The van der Waals surface area contributed by atoms with Gasteiger partial charge in [0.15, 0.2) is 5.72 Å². The van der Waals surface area contributed by atoms with E-state index in [1.807, 2.05) is 19.1 Å². The van der Waals surface area contributed by atoms with E-state index in [0.717, 1.165) is 45.2 Å². The lowest BCUT2D eigenvalue weighted by molar-refractivity contribution is -0.168. The molecule has 0 amide bonds. The minimum atomic E-state index is -0.525. The maximum Gasteiger partial charge on any atom is 0.339 e. The molecule has 0 saturated carbocycles.